The van der Waals surface area contributed by atoms with Crippen molar-refractivity contribution in [3.63, 3.8) is 0 Å². The van der Waals surface area contributed by atoms with E-state index in [1.165, 1.54) is 23.2 Å². The number of aromatic nitrogens is 1. The topological polar surface area (TPSA) is 59.2 Å². The standard InChI is InChI=1S/C10H12FN3O/c11-8-1-2-13-9(4-8)14-6-7(5-12)3-10(14)15/h1-2,4,7H,3,5-6,12H2. The highest BCUT2D eigenvalue weighted by Gasteiger charge is 2.30. The molecule has 0 spiro atoms. The van der Waals surface area contributed by atoms with Crippen LogP contribution in [0.15, 0.2) is 18.3 Å². The van der Waals surface area contributed by atoms with E-state index in [1.807, 2.05) is 0 Å². The first kappa shape index (κ1) is 10.0. The highest BCUT2D eigenvalue weighted by molar-refractivity contribution is 5.94. The molecular weight excluding hydrogens is 197 g/mol. The number of amides is 1. The fraction of sp³-hybridized carbons (Fsp3) is 0.400. The minimum Gasteiger partial charge on any atom is -0.330 e. The third-order valence-corrected chi connectivity index (χ3v) is 2.52. The smallest absolute Gasteiger partial charge is 0.228 e. The van der Waals surface area contributed by atoms with Crippen molar-refractivity contribution in [1.82, 2.24) is 4.98 Å². The van der Waals surface area contributed by atoms with Crippen molar-refractivity contribution in [3.8, 4) is 0 Å². The van der Waals surface area contributed by atoms with E-state index in [-0.39, 0.29) is 17.6 Å². The zero-order chi connectivity index (χ0) is 10.8. The van der Waals surface area contributed by atoms with E-state index in [4.69, 9.17) is 5.73 Å². The summed E-state index contributed by atoms with van der Waals surface area (Å²) < 4.78 is 12.9. The summed E-state index contributed by atoms with van der Waals surface area (Å²) in [4.78, 5) is 17.0. The van der Waals surface area contributed by atoms with E-state index < -0.39 is 0 Å². The fourth-order valence-corrected chi connectivity index (χ4v) is 1.70. The third kappa shape index (κ3) is 1.97. The van der Waals surface area contributed by atoms with Gasteiger partial charge in [0, 0.05) is 25.2 Å². The number of halogens is 1. The highest BCUT2D eigenvalue weighted by Crippen LogP contribution is 2.22. The van der Waals surface area contributed by atoms with Crippen molar-refractivity contribution < 1.29 is 9.18 Å². The largest absolute Gasteiger partial charge is 0.330 e. The Morgan fingerprint density at radius 2 is 2.47 bits per heavy atom. The van der Waals surface area contributed by atoms with Crippen LogP contribution in [0.2, 0.25) is 0 Å². The Labute approximate surface area is 86.9 Å². The molecule has 2 N–H and O–H groups in total. The number of nitrogens with two attached hydrogens (primary N) is 1. The van der Waals surface area contributed by atoms with Crippen LogP contribution in [-0.4, -0.2) is 24.0 Å². The van der Waals surface area contributed by atoms with Crippen LogP contribution in [0.4, 0.5) is 10.2 Å². The monoisotopic (exact) mass is 209 g/mol. The first-order chi connectivity index (χ1) is 7.20. The van der Waals surface area contributed by atoms with Gasteiger partial charge in [0.2, 0.25) is 5.91 Å². The van der Waals surface area contributed by atoms with Gasteiger partial charge in [0.05, 0.1) is 0 Å². The molecule has 1 fully saturated rings. The number of carbonyl (C=O) groups excluding carboxylic acids is 1. The first-order valence-electron chi connectivity index (χ1n) is 4.82. The first-order valence-corrected chi connectivity index (χ1v) is 4.82. The summed E-state index contributed by atoms with van der Waals surface area (Å²) >= 11 is 0. The molecule has 1 saturated heterocycles. The lowest BCUT2D eigenvalue weighted by molar-refractivity contribution is -0.117. The minimum atomic E-state index is -0.385. The molecule has 1 aliphatic heterocycles. The van der Waals surface area contributed by atoms with Crippen LogP contribution in [0.1, 0.15) is 6.42 Å². The van der Waals surface area contributed by atoms with E-state index in [1.54, 1.807) is 0 Å². The lowest BCUT2D eigenvalue weighted by Gasteiger charge is -2.14. The molecule has 1 aromatic rings. The molecule has 0 aromatic carbocycles. The maximum absolute atomic E-state index is 12.9. The maximum Gasteiger partial charge on any atom is 0.228 e. The van der Waals surface area contributed by atoms with E-state index in [9.17, 15) is 9.18 Å². The summed E-state index contributed by atoms with van der Waals surface area (Å²) in [6.45, 7) is 1.00. The van der Waals surface area contributed by atoms with Crippen LogP contribution >= 0.6 is 0 Å². The predicted molar refractivity (Wildman–Crippen MR) is 53.7 cm³/mol. The molecule has 15 heavy (non-hydrogen) atoms. The Balaban J connectivity index is 2.21. The average Bonchev–Trinajstić information content (AvgIpc) is 2.60. The van der Waals surface area contributed by atoms with Gasteiger partial charge in [0.15, 0.2) is 0 Å². The highest BCUT2D eigenvalue weighted by atomic mass is 19.1. The number of pyridine rings is 1. The summed E-state index contributed by atoms with van der Waals surface area (Å²) in [5, 5.41) is 0. The molecular formula is C10H12FN3O. The predicted octanol–water partition coefficient (Wildman–Crippen LogP) is 0.532. The lowest BCUT2D eigenvalue weighted by atomic mass is 10.1. The van der Waals surface area contributed by atoms with Crippen molar-refractivity contribution in [2.24, 2.45) is 11.7 Å². The van der Waals surface area contributed by atoms with E-state index in [0.717, 1.165) is 0 Å². The number of hydrogen-bond acceptors (Lipinski definition) is 3. The van der Waals surface area contributed by atoms with Crippen LogP contribution in [0.25, 0.3) is 0 Å². The Kier molecular flexibility index (Phi) is 2.64. The summed E-state index contributed by atoms with van der Waals surface area (Å²) in [6.07, 6.45) is 1.78. The van der Waals surface area contributed by atoms with Crippen molar-refractivity contribution in [2.75, 3.05) is 18.0 Å². The normalized spacial score (nSPS) is 21.1. The van der Waals surface area contributed by atoms with Gasteiger partial charge in [-0.3, -0.25) is 9.69 Å². The molecule has 1 amide bonds. The quantitative estimate of drug-likeness (QED) is 0.773. The van der Waals surface area contributed by atoms with Crippen molar-refractivity contribution in [3.05, 3.63) is 24.1 Å². The average molecular weight is 209 g/mol. The second kappa shape index (κ2) is 3.94. The van der Waals surface area contributed by atoms with Gasteiger partial charge in [0.1, 0.15) is 11.6 Å². The number of rotatable bonds is 2. The van der Waals surface area contributed by atoms with Gasteiger partial charge < -0.3 is 5.73 Å². The van der Waals surface area contributed by atoms with Gasteiger partial charge >= 0.3 is 0 Å². The number of carbonyl (C=O) groups is 1. The van der Waals surface area contributed by atoms with Gasteiger partial charge in [0.25, 0.3) is 0 Å². The van der Waals surface area contributed by atoms with Gasteiger partial charge in [-0.25, -0.2) is 9.37 Å². The molecule has 2 rings (SSSR count). The van der Waals surface area contributed by atoms with E-state index >= 15 is 0 Å². The Morgan fingerprint density at radius 1 is 1.67 bits per heavy atom. The Morgan fingerprint density at radius 3 is 3.07 bits per heavy atom. The van der Waals surface area contributed by atoms with E-state index in [0.29, 0.717) is 25.3 Å². The van der Waals surface area contributed by atoms with Crippen LogP contribution in [0.5, 0.6) is 0 Å². The summed E-state index contributed by atoms with van der Waals surface area (Å²) in [7, 11) is 0. The Bertz CT molecular complexity index is 383. The van der Waals surface area contributed by atoms with Crippen LogP contribution in [0.3, 0.4) is 0 Å². The zero-order valence-corrected chi connectivity index (χ0v) is 8.19. The second-order valence-corrected chi connectivity index (χ2v) is 3.64. The molecule has 1 atom stereocenters. The van der Waals surface area contributed by atoms with Crippen molar-refractivity contribution >= 4 is 11.7 Å². The SMILES string of the molecule is NCC1CC(=O)N(c2cc(F)ccn2)C1. The van der Waals surface area contributed by atoms with Gasteiger partial charge in [-0.2, -0.15) is 0 Å². The molecule has 0 aliphatic carbocycles. The molecule has 0 radical (unpaired) electrons. The molecule has 0 bridgehead atoms. The molecule has 80 valence electrons. The summed E-state index contributed by atoms with van der Waals surface area (Å²) in [5.74, 6) is 0.103. The molecule has 4 nitrogen and oxygen atoms in total. The third-order valence-electron chi connectivity index (χ3n) is 2.52. The fourth-order valence-electron chi connectivity index (χ4n) is 1.70. The molecule has 0 saturated carbocycles. The summed E-state index contributed by atoms with van der Waals surface area (Å²) in [5.41, 5.74) is 5.49. The number of nitrogens with zero attached hydrogens (tertiary/aromatic N) is 2. The molecule has 5 heteroatoms. The van der Waals surface area contributed by atoms with Crippen molar-refractivity contribution in [1.29, 1.82) is 0 Å². The minimum absolute atomic E-state index is 0.0384. The summed E-state index contributed by atoms with van der Waals surface area (Å²) in [6, 6.07) is 2.52. The molecule has 2 heterocycles. The number of anilines is 1. The maximum atomic E-state index is 12.9. The van der Waals surface area contributed by atoms with E-state index in [2.05, 4.69) is 4.98 Å². The zero-order valence-electron chi connectivity index (χ0n) is 8.19. The lowest BCUT2D eigenvalue weighted by Crippen LogP contribution is -2.26. The van der Waals surface area contributed by atoms with Crippen molar-refractivity contribution in [2.45, 2.75) is 6.42 Å². The van der Waals surface area contributed by atoms with Gasteiger partial charge in [-0.1, -0.05) is 0 Å². The molecule has 1 unspecified atom stereocenters. The molecule has 1 aliphatic rings. The Hall–Kier alpha value is -1.49. The second-order valence-electron chi connectivity index (χ2n) is 3.64. The van der Waals surface area contributed by atoms with Gasteiger partial charge in [-0.05, 0) is 18.5 Å². The molecule has 1 aromatic heterocycles. The van der Waals surface area contributed by atoms with Gasteiger partial charge in [-0.15, -0.1) is 0 Å². The van der Waals surface area contributed by atoms with Crippen LogP contribution in [-0.2, 0) is 4.79 Å². The van der Waals surface area contributed by atoms with Crippen LogP contribution < -0.4 is 10.6 Å². The van der Waals surface area contributed by atoms with Crippen LogP contribution in [0, 0.1) is 11.7 Å². The number of hydrogen-bond donors (Lipinski definition) is 1.